The van der Waals surface area contributed by atoms with Crippen LogP contribution in [0.25, 0.3) is 0 Å². The zero-order valence-electron chi connectivity index (χ0n) is 10.0. The van der Waals surface area contributed by atoms with Gasteiger partial charge in [0.05, 0.1) is 6.10 Å². The fourth-order valence-electron chi connectivity index (χ4n) is 1.42. The fraction of sp³-hybridized carbons (Fsp3) is 0.455. The number of rotatable bonds is 4. The molecule has 1 unspecified atom stereocenters. The molecule has 114 valence electrons. The Hall–Kier alpha value is -1.64. The van der Waals surface area contributed by atoms with Crippen LogP contribution in [0, 0.1) is 0 Å². The molecule has 0 aliphatic rings. The normalized spacial score (nSPS) is 14.0. The van der Waals surface area contributed by atoms with Crippen molar-refractivity contribution < 1.29 is 40.9 Å². The number of ether oxygens (including phenoxy) is 2. The van der Waals surface area contributed by atoms with Crippen molar-refractivity contribution in [1.82, 2.24) is 0 Å². The second kappa shape index (κ2) is 5.78. The highest BCUT2D eigenvalue weighted by Crippen LogP contribution is 2.36. The molecule has 1 aromatic rings. The first kappa shape index (κ1) is 16.4. The lowest BCUT2D eigenvalue weighted by Gasteiger charge is -2.18. The minimum absolute atomic E-state index is 0.0632. The number of alkyl halides is 6. The number of aliphatic hydroxyl groups is 1. The molecule has 0 aliphatic heterocycles. The molecule has 0 bridgehead atoms. The van der Waals surface area contributed by atoms with E-state index in [0.717, 1.165) is 12.1 Å². The number of halogens is 6. The SMILES string of the molecule is CCC(O)c1ccc(OC(F)(F)F)cc1OC(F)(F)F. The van der Waals surface area contributed by atoms with Crippen LogP contribution in [0.2, 0.25) is 0 Å². The molecule has 1 aromatic carbocycles. The number of hydrogen-bond donors (Lipinski definition) is 1. The highest BCUT2D eigenvalue weighted by molar-refractivity contribution is 5.42. The summed E-state index contributed by atoms with van der Waals surface area (Å²) in [6.45, 7) is 1.49. The predicted octanol–water partition coefficient (Wildman–Crippen LogP) is 3.93. The molecule has 9 heteroatoms. The van der Waals surface area contributed by atoms with E-state index in [1.54, 1.807) is 0 Å². The number of aliphatic hydroxyl groups excluding tert-OH is 1. The van der Waals surface area contributed by atoms with E-state index in [0.29, 0.717) is 6.07 Å². The minimum atomic E-state index is -5.10. The minimum Gasteiger partial charge on any atom is -0.406 e. The molecule has 0 fully saturated rings. The van der Waals surface area contributed by atoms with E-state index in [-0.39, 0.29) is 12.0 Å². The zero-order valence-corrected chi connectivity index (χ0v) is 10.0. The van der Waals surface area contributed by atoms with E-state index >= 15 is 0 Å². The molecule has 20 heavy (non-hydrogen) atoms. The van der Waals surface area contributed by atoms with Crippen molar-refractivity contribution in [3.63, 3.8) is 0 Å². The molecule has 0 spiro atoms. The highest BCUT2D eigenvalue weighted by Gasteiger charge is 2.35. The maximum atomic E-state index is 12.2. The molecule has 0 radical (unpaired) electrons. The summed E-state index contributed by atoms with van der Waals surface area (Å²) in [6.07, 6.45) is -11.4. The van der Waals surface area contributed by atoms with Gasteiger partial charge < -0.3 is 14.6 Å². The summed E-state index contributed by atoms with van der Waals surface area (Å²) in [5.74, 6) is -1.81. The predicted molar refractivity (Wildman–Crippen MR) is 55.1 cm³/mol. The van der Waals surface area contributed by atoms with Crippen LogP contribution in [0.4, 0.5) is 26.3 Å². The van der Waals surface area contributed by atoms with Crippen molar-refractivity contribution in [2.24, 2.45) is 0 Å². The first-order valence-electron chi connectivity index (χ1n) is 5.35. The van der Waals surface area contributed by atoms with Crippen LogP contribution in [0.15, 0.2) is 18.2 Å². The van der Waals surface area contributed by atoms with Crippen molar-refractivity contribution in [3.05, 3.63) is 23.8 Å². The third-order valence-corrected chi connectivity index (χ3v) is 2.19. The van der Waals surface area contributed by atoms with Gasteiger partial charge in [0.15, 0.2) is 0 Å². The maximum absolute atomic E-state index is 12.2. The molecular weight excluding hydrogens is 294 g/mol. The van der Waals surface area contributed by atoms with Crippen LogP contribution < -0.4 is 9.47 Å². The zero-order chi connectivity index (χ0) is 15.6. The Morgan fingerprint density at radius 1 is 1.05 bits per heavy atom. The summed E-state index contributed by atoms with van der Waals surface area (Å²) in [6, 6.07) is 2.11. The van der Waals surface area contributed by atoms with Gasteiger partial charge in [-0.3, -0.25) is 0 Å². The van der Waals surface area contributed by atoms with E-state index in [9.17, 15) is 31.4 Å². The summed E-state index contributed by atoms with van der Waals surface area (Å²) in [7, 11) is 0. The van der Waals surface area contributed by atoms with Crippen molar-refractivity contribution >= 4 is 0 Å². The van der Waals surface area contributed by atoms with Gasteiger partial charge in [0.2, 0.25) is 0 Å². The lowest BCUT2D eigenvalue weighted by Crippen LogP contribution is -2.20. The average molecular weight is 304 g/mol. The van der Waals surface area contributed by atoms with Gasteiger partial charge in [0.1, 0.15) is 11.5 Å². The van der Waals surface area contributed by atoms with Gasteiger partial charge in [-0.1, -0.05) is 6.92 Å². The van der Waals surface area contributed by atoms with E-state index in [2.05, 4.69) is 9.47 Å². The summed E-state index contributed by atoms with van der Waals surface area (Å²) in [5, 5.41) is 9.52. The van der Waals surface area contributed by atoms with Crippen LogP contribution in [0.5, 0.6) is 11.5 Å². The maximum Gasteiger partial charge on any atom is 0.573 e. The van der Waals surface area contributed by atoms with Crippen LogP contribution in [-0.4, -0.2) is 17.8 Å². The molecule has 0 heterocycles. The van der Waals surface area contributed by atoms with Gasteiger partial charge in [-0.2, -0.15) is 0 Å². The Bertz CT molecular complexity index is 454. The number of hydrogen-bond acceptors (Lipinski definition) is 3. The smallest absolute Gasteiger partial charge is 0.406 e. The Morgan fingerprint density at radius 2 is 1.60 bits per heavy atom. The molecule has 0 aliphatic carbocycles. The summed E-state index contributed by atoms with van der Waals surface area (Å²) >= 11 is 0. The first-order chi connectivity index (χ1) is 9.02. The largest absolute Gasteiger partial charge is 0.573 e. The molecule has 0 saturated heterocycles. The van der Waals surface area contributed by atoms with E-state index in [1.165, 1.54) is 6.92 Å². The average Bonchev–Trinajstić information content (AvgIpc) is 2.24. The Labute approximate surface area is 109 Å². The second-order valence-electron chi connectivity index (χ2n) is 3.72. The van der Waals surface area contributed by atoms with E-state index in [1.807, 2.05) is 0 Å². The Morgan fingerprint density at radius 3 is 2.05 bits per heavy atom. The topological polar surface area (TPSA) is 38.7 Å². The van der Waals surface area contributed by atoms with Crippen LogP contribution >= 0.6 is 0 Å². The molecule has 0 saturated carbocycles. The lowest BCUT2D eigenvalue weighted by atomic mass is 10.1. The molecule has 0 amide bonds. The molecule has 1 atom stereocenters. The summed E-state index contributed by atoms with van der Waals surface area (Å²) in [5.41, 5.74) is -0.278. The van der Waals surface area contributed by atoms with Crippen molar-refractivity contribution in [3.8, 4) is 11.5 Å². The lowest BCUT2D eigenvalue weighted by molar-refractivity contribution is -0.276. The molecular formula is C11H10F6O3. The fourth-order valence-corrected chi connectivity index (χ4v) is 1.42. The number of benzene rings is 1. The Balaban J connectivity index is 3.14. The third kappa shape index (κ3) is 5.16. The van der Waals surface area contributed by atoms with Crippen molar-refractivity contribution in [2.45, 2.75) is 32.2 Å². The summed E-state index contributed by atoms with van der Waals surface area (Å²) < 4.78 is 79.7. The monoisotopic (exact) mass is 304 g/mol. The molecule has 1 rings (SSSR count). The van der Waals surface area contributed by atoms with Gasteiger partial charge in [-0.25, -0.2) is 0 Å². The van der Waals surface area contributed by atoms with E-state index in [4.69, 9.17) is 0 Å². The van der Waals surface area contributed by atoms with Crippen molar-refractivity contribution in [2.75, 3.05) is 0 Å². The van der Waals surface area contributed by atoms with E-state index < -0.39 is 30.3 Å². The summed E-state index contributed by atoms with van der Waals surface area (Å²) in [4.78, 5) is 0. The first-order valence-corrected chi connectivity index (χ1v) is 5.35. The second-order valence-corrected chi connectivity index (χ2v) is 3.72. The molecule has 1 N–H and O–H groups in total. The quantitative estimate of drug-likeness (QED) is 0.857. The van der Waals surface area contributed by atoms with Crippen LogP contribution in [-0.2, 0) is 0 Å². The van der Waals surface area contributed by atoms with Crippen LogP contribution in [0.1, 0.15) is 25.0 Å². The van der Waals surface area contributed by atoms with Gasteiger partial charge in [-0.15, -0.1) is 26.3 Å². The van der Waals surface area contributed by atoms with Gasteiger partial charge in [0.25, 0.3) is 0 Å². The third-order valence-electron chi connectivity index (χ3n) is 2.19. The van der Waals surface area contributed by atoms with Crippen molar-refractivity contribution in [1.29, 1.82) is 0 Å². The Kier molecular flexibility index (Phi) is 4.74. The van der Waals surface area contributed by atoms with Gasteiger partial charge >= 0.3 is 12.7 Å². The van der Waals surface area contributed by atoms with Crippen LogP contribution in [0.3, 0.4) is 0 Å². The molecule has 0 aromatic heterocycles. The van der Waals surface area contributed by atoms with Gasteiger partial charge in [-0.05, 0) is 18.6 Å². The standard InChI is InChI=1S/C11H10F6O3/c1-2-8(18)7-4-3-6(19-10(12,13)14)5-9(7)20-11(15,16)17/h3-5,8,18H,2H2,1H3. The molecule has 3 nitrogen and oxygen atoms in total. The highest BCUT2D eigenvalue weighted by atomic mass is 19.4. The van der Waals surface area contributed by atoms with Gasteiger partial charge in [0, 0.05) is 11.6 Å².